The van der Waals surface area contributed by atoms with Crippen LogP contribution in [0, 0.1) is 0 Å². The van der Waals surface area contributed by atoms with E-state index in [9.17, 15) is 4.79 Å². The summed E-state index contributed by atoms with van der Waals surface area (Å²) in [4.78, 5) is 13.6. The van der Waals surface area contributed by atoms with E-state index in [1.807, 2.05) is 4.90 Å². The number of carbonyl (C=O) groups excluding carboxylic acids is 1. The number of piperidine rings is 1. The van der Waals surface area contributed by atoms with E-state index < -0.39 is 0 Å². The van der Waals surface area contributed by atoms with Crippen molar-refractivity contribution in [1.82, 2.24) is 15.5 Å². The lowest BCUT2D eigenvalue weighted by molar-refractivity contribution is -0.140. The fraction of sp³-hybridized carbons (Fsp3) is 0.900. The van der Waals surface area contributed by atoms with Gasteiger partial charge >= 0.3 is 0 Å². The third-order valence-electron chi connectivity index (χ3n) is 3.62. The summed E-state index contributed by atoms with van der Waals surface area (Å²) in [6, 6.07) is 0. The molecule has 0 aromatic rings. The van der Waals surface area contributed by atoms with E-state index >= 15 is 0 Å². The molecular weight excluding hydrogens is 194 g/mol. The normalized spacial score (nSPS) is 34.5. The fourth-order valence-electron chi connectivity index (χ4n) is 2.76. The van der Waals surface area contributed by atoms with Crippen LogP contribution in [0.15, 0.2) is 0 Å². The van der Waals surface area contributed by atoms with E-state index in [0.717, 1.165) is 39.0 Å². The lowest BCUT2D eigenvalue weighted by Crippen LogP contribution is -2.52. The third kappa shape index (κ3) is 1.55. The molecule has 3 aliphatic rings. The average Bonchev–Trinajstić information content (AvgIpc) is 2.59. The van der Waals surface area contributed by atoms with Crippen molar-refractivity contribution in [2.45, 2.75) is 24.7 Å². The number of rotatable bonds is 0. The average molecular weight is 211 g/mol. The minimum atomic E-state index is -0.0579. The van der Waals surface area contributed by atoms with Gasteiger partial charge in [-0.15, -0.1) is 0 Å². The lowest BCUT2D eigenvalue weighted by atomic mass is 9.92. The summed E-state index contributed by atoms with van der Waals surface area (Å²) in [6.45, 7) is 4.04. The fourth-order valence-corrected chi connectivity index (χ4v) is 2.76. The number of nitrogens with zero attached hydrogens (tertiary/aromatic N) is 1. The molecule has 84 valence electrons. The molecule has 3 saturated heterocycles. The monoisotopic (exact) mass is 211 g/mol. The predicted molar refractivity (Wildman–Crippen MR) is 54.3 cm³/mol. The zero-order valence-electron chi connectivity index (χ0n) is 8.79. The molecule has 3 rings (SSSR count). The van der Waals surface area contributed by atoms with Crippen molar-refractivity contribution in [3.05, 3.63) is 0 Å². The number of carbonyl (C=O) groups is 1. The van der Waals surface area contributed by atoms with Crippen molar-refractivity contribution in [2.75, 3.05) is 32.7 Å². The molecule has 1 atom stereocenters. The number of amides is 1. The Morgan fingerprint density at radius 3 is 2.87 bits per heavy atom. The molecule has 0 bridgehead atoms. The van der Waals surface area contributed by atoms with Crippen LogP contribution in [0.25, 0.3) is 0 Å². The van der Waals surface area contributed by atoms with Crippen LogP contribution in [0.1, 0.15) is 12.8 Å². The summed E-state index contributed by atoms with van der Waals surface area (Å²) in [5.74, 6) is 0.182. The molecule has 5 heteroatoms. The van der Waals surface area contributed by atoms with Crippen LogP contribution in [-0.2, 0) is 9.53 Å². The van der Waals surface area contributed by atoms with E-state index in [1.54, 1.807) is 0 Å². The molecule has 15 heavy (non-hydrogen) atoms. The van der Waals surface area contributed by atoms with E-state index in [1.165, 1.54) is 0 Å². The van der Waals surface area contributed by atoms with Crippen molar-refractivity contribution >= 4 is 5.91 Å². The Kier molecular flexibility index (Phi) is 2.19. The van der Waals surface area contributed by atoms with Gasteiger partial charge in [-0.25, -0.2) is 0 Å². The number of piperazine rings is 1. The largest absolute Gasteiger partial charge is 0.349 e. The van der Waals surface area contributed by atoms with Crippen molar-refractivity contribution in [3.63, 3.8) is 0 Å². The first-order valence-electron chi connectivity index (χ1n) is 5.68. The van der Waals surface area contributed by atoms with Crippen LogP contribution in [-0.4, -0.2) is 55.4 Å². The SMILES string of the molecule is O=C1CNCC2OC3(CCNCC3)CN12. The van der Waals surface area contributed by atoms with E-state index in [-0.39, 0.29) is 17.7 Å². The van der Waals surface area contributed by atoms with Crippen LogP contribution in [0.3, 0.4) is 0 Å². The predicted octanol–water partition coefficient (Wildman–Crippen LogP) is -1.10. The maximum atomic E-state index is 11.7. The van der Waals surface area contributed by atoms with Crippen molar-refractivity contribution in [1.29, 1.82) is 0 Å². The molecule has 1 amide bonds. The van der Waals surface area contributed by atoms with Gasteiger partial charge in [-0.1, -0.05) is 0 Å². The van der Waals surface area contributed by atoms with Gasteiger partial charge in [0.15, 0.2) is 0 Å². The van der Waals surface area contributed by atoms with Crippen LogP contribution in [0.2, 0.25) is 0 Å². The second-order valence-electron chi connectivity index (χ2n) is 4.66. The molecule has 0 aliphatic carbocycles. The van der Waals surface area contributed by atoms with E-state index in [4.69, 9.17) is 4.74 Å². The number of hydrogen-bond donors (Lipinski definition) is 2. The zero-order chi connectivity index (χ0) is 10.3. The van der Waals surface area contributed by atoms with Gasteiger partial charge in [-0.3, -0.25) is 4.79 Å². The molecule has 0 radical (unpaired) electrons. The summed E-state index contributed by atoms with van der Waals surface area (Å²) in [5.41, 5.74) is -0.0579. The summed E-state index contributed by atoms with van der Waals surface area (Å²) >= 11 is 0. The molecule has 3 fully saturated rings. The number of fused-ring (bicyclic) bond motifs is 1. The molecule has 0 aromatic heterocycles. The molecule has 1 unspecified atom stereocenters. The second kappa shape index (κ2) is 3.43. The lowest BCUT2D eigenvalue weighted by Gasteiger charge is -2.32. The van der Waals surface area contributed by atoms with Gasteiger partial charge < -0.3 is 20.3 Å². The highest BCUT2D eigenvalue weighted by Crippen LogP contribution is 2.33. The molecule has 0 saturated carbocycles. The second-order valence-corrected chi connectivity index (χ2v) is 4.66. The molecule has 3 heterocycles. The summed E-state index contributed by atoms with van der Waals surface area (Å²) < 4.78 is 6.07. The highest BCUT2D eigenvalue weighted by molar-refractivity contribution is 5.79. The molecule has 1 spiro atoms. The van der Waals surface area contributed by atoms with Gasteiger partial charge in [-0.05, 0) is 25.9 Å². The van der Waals surface area contributed by atoms with Gasteiger partial charge in [0.05, 0.1) is 18.7 Å². The van der Waals surface area contributed by atoms with Crippen LogP contribution < -0.4 is 10.6 Å². The smallest absolute Gasteiger partial charge is 0.238 e. The van der Waals surface area contributed by atoms with E-state index in [0.29, 0.717) is 6.54 Å². The van der Waals surface area contributed by atoms with Gasteiger partial charge in [0.2, 0.25) is 5.91 Å². The topological polar surface area (TPSA) is 53.6 Å². The van der Waals surface area contributed by atoms with Crippen LogP contribution in [0.4, 0.5) is 0 Å². The molecule has 0 aromatic carbocycles. The Morgan fingerprint density at radius 1 is 1.33 bits per heavy atom. The van der Waals surface area contributed by atoms with Gasteiger partial charge in [0.1, 0.15) is 6.23 Å². The van der Waals surface area contributed by atoms with Gasteiger partial charge in [-0.2, -0.15) is 0 Å². The molecule has 3 aliphatic heterocycles. The molecule has 2 N–H and O–H groups in total. The van der Waals surface area contributed by atoms with Crippen molar-refractivity contribution in [3.8, 4) is 0 Å². The third-order valence-corrected chi connectivity index (χ3v) is 3.62. The number of ether oxygens (including phenoxy) is 1. The van der Waals surface area contributed by atoms with Gasteiger partial charge in [0, 0.05) is 6.54 Å². The summed E-state index contributed by atoms with van der Waals surface area (Å²) in [7, 11) is 0. The summed E-state index contributed by atoms with van der Waals surface area (Å²) in [5, 5.41) is 6.43. The molecular formula is C10H17N3O2. The Bertz CT molecular complexity index is 276. The highest BCUT2D eigenvalue weighted by atomic mass is 16.5. The first-order valence-corrected chi connectivity index (χ1v) is 5.68. The highest BCUT2D eigenvalue weighted by Gasteiger charge is 2.48. The minimum Gasteiger partial charge on any atom is -0.349 e. The first kappa shape index (κ1) is 9.57. The Morgan fingerprint density at radius 2 is 2.13 bits per heavy atom. The number of nitrogens with one attached hydrogen (secondary N) is 2. The Hall–Kier alpha value is -0.650. The Balaban J connectivity index is 1.77. The van der Waals surface area contributed by atoms with Gasteiger partial charge in [0.25, 0.3) is 0 Å². The quantitative estimate of drug-likeness (QED) is 0.534. The standard InChI is InChI=1S/C10H17N3O2/c14-8-5-12-6-9-13(8)7-10(15-9)1-3-11-4-2-10/h9,11-12H,1-7H2. The maximum Gasteiger partial charge on any atom is 0.238 e. The maximum absolute atomic E-state index is 11.7. The van der Waals surface area contributed by atoms with E-state index in [2.05, 4.69) is 10.6 Å². The Labute approximate surface area is 89.1 Å². The summed E-state index contributed by atoms with van der Waals surface area (Å²) in [6.07, 6.45) is 2.02. The van der Waals surface area contributed by atoms with Crippen molar-refractivity contribution in [2.24, 2.45) is 0 Å². The zero-order valence-corrected chi connectivity index (χ0v) is 8.79. The molecule has 5 nitrogen and oxygen atoms in total. The van der Waals surface area contributed by atoms with Crippen LogP contribution >= 0.6 is 0 Å². The first-order chi connectivity index (χ1) is 7.29. The van der Waals surface area contributed by atoms with Crippen LogP contribution in [0.5, 0.6) is 0 Å². The minimum absolute atomic E-state index is 0.0238. The number of hydrogen-bond acceptors (Lipinski definition) is 4. The van der Waals surface area contributed by atoms with Crippen molar-refractivity contribution < 1.29 is 9.53 Å².